The summed E-state index contributed by atoms with van der Waals surface area (Å²) in [6.45, 7) is 29.3. The quantitative estimate of drug-likeness (QED) is 0.411. The highest BCUT2D eigenvalue weighted by Crippen LogP contribution is 2.74. The van der Waals surface area contributed by atoms with Crippen molar-refractivity contribution in [1.82, 2.24) is 0 Å². The van der Waals surface area contributed by atoms with E-state index >= 15 is 0 Å². The molecule has 0 aliphatic heterocycles. The average molecular weight is 427 g/mol. The Morgan fingerprint density at radius 2 is 1.33 bits per heavy atom. The molecule has 0 spiro atoms. The maximum absolute atomic E-state index is 2.74. The van der Waals surface area contributed by atoms with Crippen molar-refractivity contribution in [3.63, 3.8) is 0 Å². The van der Waals surface area contributed by atoms with Crippen LogP contribution in [0.15, 0.2) is 48.1 Å². The van der Waals surface area contributed by atoms with Crippen molar-refractivity contribution in [1.29, 1.82) is 0 Å². The van der Waals surface area contributed by atoms with Crippen molar-refractivity contribution in [2.75, 3.05) is 0 Å². The molecule has 0 saturated heterocycles. The van der Waals surface area contributed by atoms with Gasteiger partial charge in [0, 0.05) is 11.1 Å². The summed E-state index contributed by atoms with van der Waals surface area (Å²) in [5.41, 5.74) is 4.57. The molecule has 0 heterocycles. The van der Waals surface area contributed by atoms with Crippen LogP contribution in [0, 0.1) is 11.8 Å². The van der Waals surface area contributed by atoms with Crippen LogP contribution < -0.4 is 0 Å². The van der Waals surface area contributed by atoms with E-state index in [2.05, 4.69) is 126 Å². The van der Waals surface area contributed by atoms with Crippen LogP contribution in [0.5, 0.6) is 0 Å². The molecule has 1 aromatic rings. The highest BCUT2D eigenvalue weighted by molar-refractivity contribution is 7.62. The van der Waals surface area contributed by atoms with Crippen molar-refractivity contribution in [2.24, 2.45) is 11.8 Å². The number of hydrogen-bond acceptors (Lipinski definition) is 0. The van der Waals surface area contributed by atoms with Crippen LogP contribution in [0.1, 0.15) is 106 Å². The van der Waals surface area contributed by atoms with Gasteiger partial charge in [0.1, 0.15) is 0 Å². The molecule has 0 saturated carbocycles. The first-order valence-electron chi connectivity index (χ1n) is 11.9. The Labute approximate surface area is 189 Å². The Hall–Kier alpha value is -0.870. The van der Waals surface area contributed by atoms with E-state index in [1.807, 2.05) is 0 Å². The molecular weight excluding hydrogens is 379 g/mol. The maximum atomic E-state index is 2.74. The molecule has 1 heteroatoms. The van der Waals surface area contributed by atoms with Crippen LogP contribution in [0.25, 0.3) is 0 Å². The predicted molar refractivity (Wildman–Crippen MR) is 139 cm³/mol. The van der Waals surface area contributed by atoms with E-state index < -0.39 is 0 Å². The van der Waals surface area contributed by atoms with E-state index in [1.165, 1.54) is 16.7 Å². The van der Waals surface area contributed by atoms with E-state index in [9.17, 15) is 0 Å². The van der Waals surface area contributed by atoms with Gasteiger partial charge in [0.05, 0.1) is 0 Å². The second kappa shape index (κ2) is 8.94. The van der Waals surface area contributed by atoms with Crippen LogP contribution in [0.3, 0.4) is 0 Å². The smallest absolute Gasteiger partial charge is 0.0225 e. The van der Waals surface area contributed by atoms with Crippen molar-refractivity contribution in [3.05, 3.63) is 59.2 Å². The van der Waals surface area contributed by atoms with Crippen molar-refractivity contribution in [3.8, 4) is 0 Å². The zero-order valence-electron chi connectivity index (χ0n) is 21.8. The van der Waals surface area contributed by atoms with E-state index in [-0.39, 0.29) is 23.4 Å². The fourth-order valence-electron chi connectivity index (χ4n) is 5.95. The number of benzene rings is 1. The number of hydrogen-bond donors (Lipinski definition) is 0. The fraction of sp³-hybridized carbons (Fsp3) is 0.655. The van der Waals surface area contributed by atoms with Gasteiger partial charge in [-0.3, -0.25) is 0 Å². The van der Waals surface area contributed by atoms with Crippen LogP contribution in [-0.4, -0.2) is 15.5 Å². The minimum absolute atomic E-state index is 0.130. The normalized spacial score (nSPS) is 23.1. The van der Waals surface area contributed by atoms with Crippen molar-refractivity contribution in [2.45, 2.75) is 110 Å². The molecule has 0 amide bonds. The van der Waals surface area contributed by atoms with Gasteiger partial charge >= 0.3 is 0 Å². The third kappa shape index (κ3) is 4.80. The molecule has 1 aliphatic carbocycles. The first-order valence-corrected chi connectivity index (χ1v) is 13.3. The molecule has 2 unspecified atom stereocenters. The highest BCUT2D eigenvalue weighted by Gasteiger charge is 2.55. The van der Waals surface area contributed by atoms with Crippen LogP contribution >= 0.6 is 7.92 Å². The summed E-state index contributed by atoms with van der Waals surface area (Å²) >= 11 is 0. The van der Waals surface area contributed by atoms with Crippen molar-refractivity contribution < 1.29 is 0 Å². The summed E-state index contributed by atoms with van der Waals surface area (Å²) < 4.78 is 0. The molecule has 2 atom stereocenters. The van der Waals surface area contributed by atoms with Gasteiger partial charge in [-0.15, -0.1) is 0 Å². The molecule has 0 nitrogen and oxygen atoms in total. The van der Waals surface area contributed by atoms with Crippen LogP contribution in [0.2, 0.25) is 0 Å². The van der Waals surface area contributed by atoms with Gasteiger partial charge in [-0.25, -0.2) is 0 Å². The SMILES string of the molecule is CC(C)C1=CC(C(C)C)(P(C(C)(C)C)C(C)(C)C)C(c2ccccc2C(C)C)C=C1. The molecule has 0 aromatic heterocycles. The lowest BCUT2D eigenvalue weighted by atomic mass is 9.71. The van der Waals surface area contributed by atoms with Crippen LogP contribution in [-0.2, 0) is 0 Å². The first-order chi connectivity index (χ1) is 13.6. The van der Waals surface area contributed by atoms with E-state index in [4.69, 9.17) is 0 Å². The molecule has 1 aliphatic rings. The summed E-state index contributed by atoms with van der Waals surface area (Å²) in [6, 6.07) is 9.23. The molecule has 30 heavy (non-hydrogen) atoms. The molecule has 0 bridgehead atoms. The molecule has 0 fully saturated rings. The summed E-state index contributed by atoms with van der Waals surface area (Å²) in [4.78, 5) is 0. The van der Waals surface area contributed by atoms with Gasteiger partial charge in [-0.1, -0.05) is 133 Å². The summed E-state index contributed by atoms with van der Waals surface area (Å²) in [5, 5.41) is 0.643. The molecule has 2 rings (SSSR count). The zero-order chi connectivity index (χ0) is 23.1. The minimum atomic E-state index is -0.358. The lowest BCUT2D eigenvalue weighted by Crippen LogP contribution is -2.48. The van der Waals surface area contributed by atoms with Gasteiger partial charge in [0.15, 0.2) is 0 Å². The zero-order valence-corrected chi connectivity index (χ0v) is 22.7. The molecule has 168 valence electrons. The Morgan fingerprint density at radius 3 is 1.77 bits per heavy atom. The second-order valence-electron chi connectivity index (χ2n) is 12.1. The Morgan fingerprint density at radius 1 is 0.800 bits per heavy atom. The molecular formula is C29H47P. The molecule has 0 radical (unpaired) electrons. The Balaban J connectivity index is 2.93. The fourth-order valence-corrected chi connectivity index (χ4v) is 11.6. The first kappa shape index (κ1) is 25.4. The maximum Gasteiger partial charge on any atom is 0.0225 e. The largest absolute Gasteiger partial charge is 0.0841 e. The van der Waals surface area contributed by atoms with Gasteiger partial charge in [0.2, 0.25) is 0 Å². The number of allylic oxidation sites excluding steroid dienone is 4. The predicted octanol–water partition coefficient (Wildman–Crippen LogP) is 9.52. The lowest BCUT2D eigenvalue weighted by Gasteiger charge is -2.59. The standard InChI is InChI=1S/C29H47P/c1-20(2)23-17-18-26(25-16-14-13-15-24(25)21(3)4)29(19-23,22(5)6)30(27(7,8)9)28(10,11)12/h13-22,26H,1-12H3. The van der Waals surface area contributed by atoms with Crippen molar-refractivity contribution >= 4 is 7.92 Å². The highest BCUT2D eigenvalue weighted by atomic mass is 31.1. The summed E-state index contributed by atoms with van der Waals surface area (Å²) in [6.07, 6.45) is 7.75. The van der Waals surface area contributed by atoms with E-state index in [0.717, 1.165) is 0 Å². The molecule has 1 aromatic carbocycles. The summed E-state index contributed by atoms with van der Waals surface area (Å²) in [7, 11) is -0.358. The topological polar surface area (TPSA) is 0 Å². The summed E-state index contributed by atoms with van der Waals surface area (Å²) in [5.74, 6) is 2.07. The average Bonchev–Trinajstić information content (AvgIpc) is 2.58. The van der Waals surface area contributed by atoms with Gasteiger partial charge in [-0.2, -0.15) is 0 Å². The second-order valence-corrected chi connectivity index (χ2v) is 16.3. The monoisotopic (exact) mass is 426 g/mol. The van der Waals surface area contributed by atoms with Gasteiger partial charge in [-0.05, 0) is 44.8 Å². The lowest BCUT2D eigenvalue weighted by molar-refractivity contribution is 0.435. The minimum Gasteiger partial charge on any atom is -0.0841 e. The van der Waals surface area contributed by atoms with Crippen LogP contribution in [0.4, 0.5) is 0 Å². The number of rotatable bonds is 5. The Bertz CT molecular complexity index is 765. The van der Waals surface area contributed by atoms with E-state index in [1.54, 1.807) is 0 Å². The molecule has 0 N–H and O–H groups in total. The van der Waals surface area contributed by atoms with E-state index in [0.29, 0.717) is 23.7 Å². The Kier molecular flexibility index (Phi) is 7.56. The van der Waals surface area contributed by atoms with Gasteiger partial charge < -0.3 is 0 Å². The van der Waals surface area contributed by atoms with Gasteiger partial charge in [0.25, 0.3) is 0 Å². The third-order valence-electron chi connectivity index (χ3n) is 6.65. The third-order valence-corrected chi connectivity index (χ3v) is 11.0.